The number of rotatable bonds is 8. The van der Waals surface area contributed by atoms with E-state index in [0.717, 1.165) is 11.1 Å². The maximum atomic E-state index is 13.1. The van der Waals surface area contributed by atoms with Crippen LogP contribution in [0.15, 0.2) is 65.3 Å². The summed E-state index contributed by atoms with van der Waals surface area (Å²) in [5.41, 5.74) is 3.51. The van der Waals surface area contributed by atoms with Crippen LogP contribution < -0.4 is 9.47 Å². The van der Waals surface area contributed by atoms with E-state index in [9.17, 15) is 4.79 Å². The average molecular weight is 422 g/mol. The first-order valence-corrected chi connectivity index (χ1v) is 10.4. The number of methoxy groups -OCH3 is 2. The molecule has 0 saturated heterocycles. The van der Waals surface area contributed by atoms with E-state index in [-0.39, 0.29) is 11.3 Å². The number of nitrogens with zero attached hydrogens (tertiary/aromatic N) is 1. The van der Waals surface area contributed by atoms with E-state index < -0.39 is 0 Å². The van der Waals surface area contributed by atoms with Crippen molar-refractivity contribution in [1.29, 1.82) is 0 Å². The van der Waals surface area contributed by atoms with Gasteiger partial charge in [-0.05, 0) is 52.8 Å². The monoisotopic (exact) mass is 421 g/mol. The van der Waals surface area contributed by atoms with Gasteiger partial charge in [-0.1, -0.05) is 51.1 Å². The van der Waals surface area contributed by atoms with Gasteiger partial charge < -0.3 is 18.8 Å². The van der Waals surface area contributed by atoms with Gasteiger partial charge in [0.2, 0.25) is 0 Å². The lowest BCUT2D eigenvalue weighted by atomic mass is 9.87. The Hall–Kier alpha value is -3.21. The molecule has 3 aromatic rings. The van der Waals surface area contributed by atoms with E-state index in [2.05, 4.69) is 45.0 Å². The lowest BCUT2D eigenvalue weighted by molar-refractivity contribution is 0.0713. The molecule has 0 bridgehead atoms. The van der Waals surface area contributed by atoms with Crippen LogP contribution in [0.3, 0.4) is 0 Å². The third-order valence-electron chi connectivity index (χ3n) is 5.33. The normalized spacial score (nSPS) is 11.3. The zero-order valence-corrected chi connectivity index (χ0v) is 19.0. The molecule has 0 fully saturated rings. The van der Waals surface area contributed by atoms with E-state index >= 15 is 0 Å². The summed E-state index contributed by atoms with van der Waals surface area (Å²) in [6.07, 6.45) is 2.21. The van der Waals surface area contributed by atoms with Gasteiger partial charge >= 0.3 is 0 Å². The second-order valence-corrected chi connectivity index (χ2v) is 8.59. The molecule has 0 aliphatic rings. The van der Waals surface area contributed by atoms with E-state index in [0.29, 0.717) is 36.8 Å². The number of ether oxygens (including phenoxy) is 2. The molecule has 0 aliphatic heterocycles. The van der Waals surface area contributed by atoms with E-state index in [1.807, 2.05) is 23.1 Å². The zero-order valence-electron chi connectivity index (χ0n) is 19.0. The van der Waals surface area contributed by atoms with Crippen LogP contribution >= 0.6 is 0 Å². The zero-order chi connectivity index (χ0) is 22.4. The van der Waals surface area contributed by atoms with Crippen molar-refractivity contribution in [2.75, 3.05) is 20.8 Å². The highest BCUT2D eigenvalue weighted by atomic mass is 16.5. The third kappa shape index (κ3) is 5.69. The van der Waals surface area contributed by atoms with Crippen LogP contribution in [0.1, 0.15) is 48.0 Å². The molecule has 0 atom stereocenters. The summed E-state index contributed by atoms with van der Waals surface area (Å²) in [6.45, 7) is 7.64. The second-order valence-electron chi connectivity index (χ2n) is 8.59. The molecule has 1 aromatic heterocycles. The maximum Gasteiger partial charge on any atom is 0.289 e. The Morgan fingerprint density at radius 1 is 0.935 bits per heavy atom. The van der Waals surface area contributed by atoms with Crippen molar-refractivity contribution in [3.8, 4) is 11.5 Å². The van der Waals surface area contributed by atoms with Gasteiger partial charge in [-0.2, -0.15) is 0 Å². The molecule has 31 heavy (non-hydrogen) atoms. The van der Waals surface area contributed by atoms with Crippen LogP contribution in [-0.2, 0) is 18.4 Å². The number of carbonyl (C=O) groups is 1. The summed E-state index contributed by atoms with van der Waals surface area (Å²) in [5, 5.41) is 0. The van der Waals surface area contributed by atoms with E-state index in [1.165, 1.54) is 11.8 Å². The first-order chi connectivity index (χ1) is 14.8. The van der Waals surface area contributed by atoms with Gasteiger partial charge in [0.1, 0.15) is 0 Å². The summed E-state index contributed by atoms with van der Waals surface area (Å²) < 4.78 is 16.1. The van der Waals surface area contributed by atoms with Crippen molar-refractivity contribution in [3.63, 3.8) is 0 Å². The van der Waals surface area contributed by atoms with Gasteiger partial charge in [0, 0.05) is 13.1 Å². The molecule has 1 heterocycles. The molecular weight excluding hydrogens is 390 g/mol. The van der Waals surface area contributed by atoms with Crippen LogP contribution in [0.4, 0.5) is 0 Å². The van der Waals surface area contributed by atoms with E-state index in [4.69, 9.17) is 13.9 Å². The minimum Gasteiger partial charge on any atom is -0.493 e. The largest absolute Gasteiger partial charge is 0.493 e. The number of benzene rings is 2. The highest BCUT2D eigenvalue weighted by Gasteiger charge is 2.20. The Morgan fingerprint density at radius 3 is 2.19 bits per heavy atom. The Balaban J connectivity index is 1.78. The molecule has 0 aliphatic carbocycles. The maximum absolute atomic E-state index is 13.1. The summed E-state index contributed by atoms with van der Waals surface area (Å²) in [7, 11) is 3.24. The van der Waals surface area contributed by atoms with Crippen LogP contribution in [0.25, 0.3) is 0 Å². The molecule has 5 heteroatoms. The molecule has 2 aromatic carbocycles. The average Bonchev–Trinajstić information content (AvgIpc) is 3.30. The third-order valence-corrected chi connectivity index (χ3v) is 5.33. The van der Waals surface area contributed by atoms with Crippen molar-refractivity contribution in [2.45, 2.75) is 39.2 Å². The van der Waals surface area contributed by atoms with Crippen LogP contribution in [0.2, 0.25) is 0 Å². The minimum atomic E-state index is -0.120. The van der Waals surface area contributed by atoms with E-state index in [1.54, 1.807) is 26.4 Å². The Kier molecular flexibility index (Phi) is 7.06. The van der Waals surface area contributed by atoms with Gasteiger partial charge in [-0.25, -0.2) is 0 Å². The quantitative estimate of drug-likeness (QED) is 0.483. The standard InChI is InChI=1S/C26H31NO4/c1-26(2,3)21-11-8-20(9-12-21)18-27(25(28)23-7-6-16-31-23)15-14-19-10-13-22(29-4)24(17-19)30-5/h6-13,16-17H,14-15,18H2,1-5H3. The minimum absolute atomic E-state index is 0.0929. The number of hydrogen-bond donors (Lipinski definition) is 0. The van der Waals surface area contributed by atoms with Gasteiger partial charge in [0.05, 0.1) is 20.5 Å². The fourth-order valence-electron chi connectivity index (χ4n) is 3.44. The Labute approximate surface area is 184 Å². The number of furan rings is 1. The van der Waals surface area contributed by atoms with Crippen molar-refractivity contribution in [1.82, 2.24) is 4.90 Å². The van der Waals surface area contributed by atoms with Crippen molar-refractivity contribution in [2.24, 2.45) is 0 Å². The Morgan fingerprint density at radius 2 is 1.61 bits per heavy atom. The second kappa shape index (κ2) is 9.73. The number of carbonyl (C=O) groups excluding carboxylic acids is 1. The summed E-state index contributed by atoms with van der Waals surface area (Å²) in [5.74, 6) is 1.60. The molecule has 0 spiro atoms. The molecule has 5 nitrogen and oxygen atoms in total. The van der Waals surface area contributed by atoms with Gasteiger partial charge in [-0.15, -0.1) is 0 Å². The number of amides is 1. The topological polar surface area (TPSA) is 51.9 Å². The van der Waals surface area contributed by atoms with Crippen LogP contribution in [0, 0.1) is 0 Å². The highest BCUT2D eigenvalue weighted by molar-refractivity contribution is 5.91. The first kappa shape index (κ1) is 22.5. The van der Waals surface area contributed by atoms with Crippen LogP contribution in [0.5, 0.6) is 11.5 Å². The fraction of sp³-hybridized carbons (Fsp3) is 0.346. The summed E-state index contributed by atoms with van der Waals surface area (Å²) in [4.78, 5) is 14.9. The van der Waals surface area contributed by atoms with Crippen LogP contribution in [-0.4, -0.2) is 31.6 Å². The number of hydrogen-bond acceptors (Lipinski definition) is 4. The molecule has 3 rings (SSSR count). The molecular formula is C26H31NO4. The van der Waals surface area contributed by atoms with Gasteiger partial charge in [0.25, 0.3) is 5.91 Å². The van der Waals surface area contributed by atoms with Gasteiger partial charge in [-0.3, -0.25) is 4.79 Å². The fourth-order valence-corrected chi connectivity index (χ4v) is 3.44. The summed E-state index contributed by atoms with van der Waals surface area (Å²) >= 11 is 0. The lowest BCUT2D eigenvalue weighted by Crippen LogP contribution is -2.32. The van der Waals surface area contributed by atoms with Gasteiger partial charge in [0.15, 0.2) is 17.3 Å². The SMILES string of the molecule is COc1ccc(CCN(Cc2ccc(C(C)(C)C)cc2)C(=O)c2ccco2)cc1OC. The molecule has 1 amide bonds. The first-order valence-electron chi connectivity index (χ1n) is 10.4. The highest BCUT2D eigenvalue weighted by Crippen LogP contribution is 2.28. The van der Waals surface area contributed by atoms with Crippen molar-refractivity contribution < 1.29 is 18.7 Å². The lowest BCUT2D eigenvalue weighted by Gasteiger charge is -2.23. The van der Waals surface area contributed by atoms with Crippen molar-refractivity contribution >= 4 is 5.91 Å². The summed E-state index contributed by atoms with van der Waals surface area (Å²) in [6, 6.07) is 17.7. The molecule has 0 saturated carbocycles. The molecule has 164 valence electrons. The molecule has 0 N–H and O–H groups in total. The molecule has 0 unspecified atom stereocenters. The Bertz CT molecular complexity index is 985. The van der Waals surface area contributed by atoms with Crippen molar-refractivity contribution in [3.05, 3.63) is 83.3 Å². The smallest absolute Gasteiger partial charge is 0.289 e. The molecule has 0 radical (unpaired) electrons. The predicted molar refractivity (Wildman–Crippen MR) is 122 cm³/mol. The predicted octanol–water partition coefficient (Wildman–Crippen LogP) is 5.48.